The molecule has 1 saturated carbocycles. The Morgan fingerprint density at radius 3 is 3.15 bits per heavy atom. The average molecular weight is 357 g/mol. The van der Waals surface area contributed by atoms with Crippen LogP contribution >= 0.6 is 0 Å². The highest BCUT2D eigenvalue weighted by molar-refractivity contribution is 5.94. The van der Waals surface area contributed by atoms with Crippen molar-refractivity contribution >= 4 is 11.6 Å². The molecule has 138 valence electrons. The number of amides is 1. The molecule has 1 aromatic heterocycles. The van der Waals surface area contributed by atoms with Gasteiger partial charge in [0.1, 0.15) is 5.75 Å². The van der Waals surface area contributed by atoms with Gasteiger partial charge in [0.15, 0.2) is 12.4 Å². The number of hydrogen-bond acceptors (Lipinski definition) is 7. The molecule has 1 unspecified atom stereocenters. The van der Waals surface area contributed by atoms with Gasteiger partial charge in [0.2, 0.25) is 5.91 Å². The van der Waals surface area contributed by atoms with Crippen molar-refractivity contribution in [2.24, 2.45) is 5.92 Å². The molecule has 1 aliphatic carbocycles. The predicted molar refractivity (Wildman–Crippen MR) is 94.7 cm³/mol. The first-order valence-electron chi connectivity index (χ1n) is 8.96. The van der Waals surface area contributed by atoms with E-state index < -0.39 is 0 Å². The molecule has 1 amide bonds. The van der Waals surface area contributed by atoms with Crippen LogP contribution in [0.1, 0.15) is 30.6 Å². The molecule has 1 aromatic carbocycles. The van der Waals surface area contributed by atoms with Gasteiger partial charge in [0, 0.05) is 37.3 Å². The van der Waals surface area contributed by atoms with Gasteiger partial charge in [-0.2, -0.15) is 4.98 Å². The Bertz CT molecular complexity index is 774. The van der Waals surface area contributed by atoms with Gasteiger partial charge in [-0.05, 0) is 32.0 Å². The summed E-state index contributed by atoms with van der Waals surface area (Å²) in [6.45, 7) is 2.91. The number of likely N-dealkylation sites (N-methyl/N-ethyl adjacent to an activating group) is 1. The van der Waals surface area contributed by atoms with Crippen molar-refractivity contribution in [3.05, 3.63) is 36.0 Å². The van der Waals surface area contributed by atoms with Crippen molar-refractivity contribution in [1.82, 2.24) is 20.4 Å². The van der Waals surface area contributed by atoms with E-state index in [9.17, 15) is 4.79 Å². The van der Waals surface area contributed by atoms with Crippen LogP contribution in [0.5, 0.6) is 5.75 Å². The summed E-state index contributed by atoms with van der Waals surface area (Å²) >= 11 is 0. The zero-order valence-corrected chi connectivity index (χ0v) is 14.8. The van der Waals surface area contributed by atoms with Gasteiger partial charge in [-0.3, -0.25) is 9.69 Å². The van der Waals surface area contributed by atoms with Crippen LogP contribution in [0.4, 0.5) is 5.69 Å². The predicted octanol–water partition coefficient (Wildman–Crippen LogP) is 1.57. The molecule has 0 bridgehead atoms. The maximum Gasteiger partial charge on any atom is 0.264 e. The molecule has 8 nitrogen and oxygen atoms in total. The fraction of sp³-hybridized carbons (Fsp3) is 0.500. The number of nitrogens with zero attached hydrogens (tertiary/aromatic N) is 3. The number of ether oxygens (including phenoxy) is 1. The van der Waals surface area contributed by atoms with E-state index in [1.54, 1.807) is 6.07 Å². The minimum atomic E-state index is 0.0777. The van der Waals surface area contributed by atoms with Gasteiger partial charge in [-0.1, -0.05) is 11.2 Å². The van der Waals surface area contributed by atoms with Gasteiger partial charge in [0.25, 0.3) is 5.89 Å². The van der Waals surface area contributed by atoms with Crippen molar-refractivity contribution in [3.63, 3.8) is 0 Å². The number of nitrogens with one attached hydrogen (secondary N) is 2. The molecule has 1 atom stereocenters. The fourth-order valence-corrected chi connectivity index (χ4v) is 2.95. The van der Waals surface area contributed by atoms with Crippen LogP contribution in [-0.2, 0) is 11.4 Å². The maximum absolute atomic E-state index is 11.9. The first-order valence-corrected chi connectivity index (χ1v) is 8.96. The van der Waals surface area contributed by atoms with Gasteiger partial charge >= 0.3 is 0 Å². The minimum Gasteiger partial charge on any atom is -0.484 e. The van der Waals surface area contributed by atoms with Gasteiger partial charge in [-0.25, -0.2) is 0 Å². The molecule has 2 aliphatic rings. The van der Waals surface area contributed by atoms with Crippen LogP contribution in [0.15, 0.2) is 28.8 Å². The molecule has 8 heteroatoms. The summed E-state index contributed by atoms with van der Waals surface area (Å²) in [6, 6.07) is 7.45. The Labute approximate surface area is 151 Å². The number of rotatable bonds is 6. The molecule has 0 radical (unpaired) electrons. The Morgan fingerprint density at radius 1 is 1.46 bits per heavy atom. The van der Waals surface area contributed by atoms with Crippen molar-refractivity contribution in [2.45, 2.75) is 25.5 Å². The molecule has 4 rings (SSSR count). The van der Waals surface area contributed by atoms with E-state index in [2.05, 4.69) is 32.7 Å². The minimum absolute atomic E-state index is 0.0777. The van der Waals surface area contributed by atoms with E-state index in [0.29, 0.717) is 17.5 Å². The molecular formula is C18H23N5O3. The zero-order valence-electron chi connectivity index (χ0n) is 14.8. The van der Waals surface area contributed by atoms with Crippen LogP contribution in [0, 0.1) is 5.92 Å². The second-order valence-electron chi connectivity index (χ2n) is 6.83. The summed E-state index contributed by atoms with van der Waals surface area (Å²) in [6.07, 6.45) is 1.96. The first-order chi connectivity index (χ1) is 12.7. The molecule has 1 saturated heterocycles. The second-order valence-corrected chi connectivity index (χ2v) is 6.83. The molecule has 2 fully saturated rings. The van der Waals surface area contributed by atoms with E-state index in [-0.39, 0.29) is 24.5 Å². The number of aromatic nitrogens is 2. The van der Waals surface area contributed by atoms with E-state index >= 15 is 0 Å². The standard InChI is InChI=1S/C18H23N5O3/c1-23-8-7-19-10-15(23)17-21-16(26-22-17)11-25-14-4-2-3-13(9-14)20-18(24)12-5-6-12/h2-4,9,12,15,19H,5-8,10-11H2,1H3,(H,20,24). The second kappa shape index (κ2) is 7.43. The summed E-state index contributed by atoms with van der Waals surface area (Å²) in [7, 11) is 2.06. The van der Waals surface area contributed by atoms with E-state index in [1.165, 1.54) is 0 Å². The number of hydrogen-bond donors (Lipinski definition) is 2. The summed E-state index contributed by atoms with van der Waals surface area (Å²) in [5, 5.41) is 10.3. The molecule has 26 heavy (non-hydrogen) atoms. The largest absolute Gasteiger partial charge is 0.484 e. The third kappa shape index (κ3) is 4.03. The summed E-state index contributed by atoms with van der Waals surface area (Å²) < 4.78 is 11.1. The van der Waals surface area contributed by atoms with Crippen LogP contribution in [0.25, 0.3) is 0 Å². The van der Waals surface area contributed by atoms with Crippen LogP contribution < -0.4 is 15.4 Å². The summed E-state index contributed by atoms with van der Waals surface area (Å²) in [4.78, 5) is 18.5. The van der Waals surface area contributed by atoms with E-state index in [4.69, 9.17) is 9.26 Å². The number of benzene rings is 1. The highest BCUT2D eigenvalue weighted by atomic mass is 16.5. The lowest BCUT2D eigenvalue weighted by molar-refractivity contribution is -0.117. The summed E-state index contributed by atoms with van der Waals surface area (Å²) in [5.74, 6) is 2.00. The normalized spacial score (nSPS) is 20.7. The van der Waals surface area contributed by atoms with Gasteiger partial charge < -0.3 is 19.9 Å². The zero-order chi connectivity index (χ0) is 17.9. The number of carbonyl (C=O) groups is 1. The molecule has 2 heterocycles. The number of anilines is 1. The van der Waals surface area contributed by atoms with Crippen LogP contribution in [0.2, 0.25) is 0 Å². The highest BCUT2D eigenvalue weighted by Gasteiger charge is 2.29. The molecule has 1 aliphatic heterocycles. The fourth-order valence-electron chi connectivity index (χ4n) is 2.95. The highest BCUT2D eigenvalue weighted by Crippen LogP contribution is 2.30. The summed E-state index contributed by atoms with van der Waals surface area (Å²) in [5.41, 5.74) is 0.737. The lowest BCUT2D eigenvalue weighted by Gasteiger charge is -2.30. The SMILES string of the molecule is CN1CCNCC1c1noc(COc2cccc(NC(=O)C3CC3)c2)n1. The monoisotopic (exact) mass is 357 g/mol. The van der Waals surface area contributed by atoms with Crippen molar-refractivity contribution in [1.29, 1.82) is 0 Å². The number of carbonyl (C=O) groups excluding carboxylic acids is 1. The van der Waals surface area contributed by atoms with Gasteiger partial charge in [0.05, 0.1) is 6.04 Å². The van der Waals surface area contributed by atoms with Crippen molar-refractivity contribution in [2.75, 3.05) is 32.0 Å². The lowest BCUT2D eigenvalue weighted by Crippen LogP contribution is -2.44. The quantitative estimate of drug-likeness (QED) is 0.811. The Kier molecular flexibility index (Phi) is 4.85. The smallest absolute Gasteiger partial charge is 0.264 e. The number of piperazine rings is 1. The molecule has 0 spiro atoms. The van der Waals surface area contributed by atoms with E-state index in [1.807, 2.05) is 18.2 Å². The lowest BCUT2D eigenvalue weighted by atomic mass is 10.2. The Hall–Kier alpha value is -2.45. The Morgan fingerprint density at radius 2 is 2.35 bits per heavy atom. The maximum atomic E-state index is 11.9. The molecular weight excluding hydrogens is 334 g/mol. The first kappa shape index (κ1) is 17.0. The van der Waals surface area contributed by atoms with Crippen LogP contribution in [0.3, 0.4) is 0 Å². The van der Waals surface area contributed by atoms with Crippen molar-refractivity contribution in [3.8, 4) is 5.75 Å². The third-order valence-electron chi connectivity index (χ3n) is 4.70. The average Bonchev–Trinajstić information content (AvgIpc) is 3.40. The van der Waals surface area contributed by atoms with Gasteiger partial charge in [-0.15, -0.1) is 0 Å². The Balaban J connectivity index is 1.34. The molecule has 2 aromatic rings. The van der Waals surface area contributed by atoms with E-state index in [0.717, 1.165) is 38.2 Å². The van der Waals surface area contributed by atoms with Crippen LogP contribution in [-0.4, -0.2) is 47.6 Å². The topological polar surface area (TPSA) is 92.5 Å². The molecule has 2 N–H and O–H groups in total. The van der Waals surface area contributed by atoms with Crippen molar-refractivity contribution < 1.29 is 14.1 Å². The third-order valence-corrected chi connectivity index (χ3v) is 4.70.